The number of H-pyrrole nitrogens is 1. The van der Waals surface area contributed by atoms with Crippen LogP contribution >= 0.6 is 0 Å². The highest BCUT2D eigenvalue weighted by Crippen LogP contribution is 2.10. The van der Waals surface area contributed by atoms with Crippen molar-refractivity contribution >= 4 is 10.9 Å². The molecule has 3 rings (SSSR count). The average molecular weight is 330 g/mol. The molecule has 1 unspecified atom stereocenters. The first-order valence-corrected chi connectivity index (χ1v) is 8.60. The van der Waals surface area contributed by atoms with Gasteiger partial charge in [-0.2, -0.15) is 0 Å². The van der Waals surface area contributed by atoms with E-state index in [4.69, 9.17) is 4.74 Å². The summed E-state index contributed by atoms with van der Waals surface area (Å²) in [6, 6.07) is 8.01. The molecule has 1 saturated heterocycles. The Kier molecular flexibility index (Phi) is 5.60. The molecule has 1 fully saturated rings. The molecule has 24 heavy (non-hydrogen) atoms. The minimum Gasteiger partial charge on any atom is -0.383 e. The molecule has 0 spiro atoms. The summed E-state index contributed by atoms with van der Waals surface area (Å²) in [7, 11) is 1.75. The fraction of sp³-hybridized carbons (Fsp3) is 0.556. The van der Waals surface area contributed by atoms with E-state index >= 15 is 0 Å². The number of para-hydroxylation sites is 1. The van der Waals surface area contributed by atoms with Crippen LogP contribution in [0.1, 0.15) is 12.7 Å². The number of fused-ring (bicyclic) bond motifs is 1. The molecule has 1 N–H and O–H groups in total. The average Bonchev–Trinajstić information content (AvgIpc) is 2.59. The van der Waals surface area contributed by atoms with Gasteiger partial charge in [0.05, 0.1) is 17.5 Å². The highest BCUT2D eigenvalue weighted by atomic mass is 16.5. The van der Waals surface area contributed by atoms with Gasteiger partial charge in [-0.3, -0.25) is 9.69 Å². The number of hydrogen-bond donors (Lipinski definition) is 1. The molecular weight excluding hydrogens is 304 g/mol. The molecule has 2 aromatic rings. The Morgan fingerprint density at radius 3 is 2.92 bits per heavy atom. The van der Waals surface area contributed by atoms with Crippen molar-refractivity contribution in [3.8, 4) is 0 Å². The third-order valence-electron chi connectivity index (χ3n) is 4.76. The number of hydrogen-bond acceptors (Lipinski definition) is 5. The van der Waals surface area contributed by atoms with E-state index in [1.165, 1.54) is 0 Å². The van der Waals surface area contributed by atoms with Crippen molar-refractivity contribution in [1.82, 2.24) is 19.8 Å². The van der Waals surface area contributed by atoms with Crippen molar-refractivity contribution in [2.75, 3.05) is 46.4 Å². The number of rotatable bonds is 6. The molecule has 6 nitrogen and oxygen atoms in total. The molecule has 1 aliphatic rings. The van der Waals surface area contributed by atoms with Crippen LogP contribution in [0.25, 0.3) is 10.9 Å². The summed E-state index contributed by atoms with van der Waals surface area (Å²) < 4.78 is 5.17. The number of aromatic nitrogens is 2. The van der Waals surface area contributed by atoms with E-state index in [2.05, 4.69) is 26.7 Å². The summed E-state index contributed by atoms with van der Waals surface area (Å²) in [5.41, 5.74) is 0.724. The lowest BCUT2D eigenvalue weighted by Crippen LogP contribution is -2.52. The van der Waals surface area contributed by atoms with E-state index in [0.29, 0.717) is 11.4 Å². The lowest BCUT2D eigenvalue weighted by Gasteiger charge is -2.39. The molecule has 130 valence electrons. The molecule has 0 aliphatic carbocycles. The van der Waals surface area contributed by atoms with E-state index < -0.39 is 0 Å². The zero-order chi connectivity index (χ0) is 16.9. The van der Waals surface area contributed by atoms with Gasteiger partial charge in [0.15, 0.2) is 0 Å². The Hall–Kier alpha value is -1.76. The molecule has 1 aliphatic heterocycles. The van der Waals surface area contributed by atoms with Gasteiger partial charge in [-0.05, 0) is 19.1 Å². The maximum atomic E-state index is 12.1. The van der Waals surface area contributed by atoms with Crippen molar-refractivity contribution in [3.63, 3.8) is 0 Å². The Bertz CT molecular complexity index is 730. The molecule has 1 atom stereocenters. The van der Waals surface area contributed by atoms with Crippen LogP contribution in [-0.4, -0.2) is 72.3 Å². The topological polar surface area (TPSA) is 61.5 Å². The summed E-state index contributed by atoms with van der Waals surface area (Å²) in [5, 5.41) is 0.654. The van der Waals surface area contributed by atoms with Gasteiger partial charge in [0, 0.05) is 52.3 Å². The third kappa shape index (κ3) is 4.01. The maximum Gasteiger partial charge on any atom is 0.258 e. The van der Waals surface area contributed by atoms with Crippen molar-refractivity contribution in [3.05, 3.63) is 40.4 Å². The molecule has 0 amide bonds. The van der Waals surface area contributed by atoms with E-state index in [9.17, 15) is 4.79 Å². The lowest BCUT2D eigenvalue weighted by molar-refractivity contribution is 0.0594. The van der Waals surface area contributed by atoms with Gasteiger partial charge in [-0.1, -0.05) is 12.1 Å². The Labute approximate surface area is 142 Å². The zero-order valence-corrected chi connectivity index (χ0v) is 14.5. The maximum absolute atomic E-state index is 12.1. The molecule has 0 bridgehead atoms. The van der Waals surface area contributed by atoms with Crippen LogP contribution in [0.5, 0.6) is 0 Å². The van der Waals surface area contributed by atoms with Gasteiger partial charge in [-0.15, -0.1) is 0 Å². The van der Waals surface area contributed by atoms with Gasteiger partial charge in [-0.25, -0.2) is 4.98 Å². The first-order chi connectivity index (χ1) is 11.7. The van der Waals surface area contributed by atoms with Gasteiger partial charge in [0.25, 0.3) is 5.56 Å². The molecule has 2 heterocycles. The van der Waals surface area contributed by atoms with Crippen molar-refractivity contribution in [1.29, 1.82) is 0 Å². The number of nitrogens with zero attached hydrogens (tertiary/aromatic N) is 3. The van der Waals surface area contributed by atoms with Gasteiger partial charge < -0.3 is 14.6 Å². The van der Waals surface area contributed by atoms with Gasteiger partial charge >= 0.3 is 0 Å². The SMILES string of the molecule is COCCN1CCN(CCc2nc3ccccc3c(=O)[nH]2)CC1C. The second-order valence-electron chi connectivity index (χ2n) is 6.46. The fourth-order valence-corrected chi connectivity index (χ4v) is 3.33. The first kappa shape index (κ1) is 17.1. The molecule has 0 radical (unpaired) electrons. The second-order valence-corrected chi connectivity index (χ2v) is 6.46. The molecule has 6 heteroatoms. The normalized spacial score (nSPS) is 19.8. The number of piperazine rings is 1. The van der Waals surface area contributed by atoms with Gasteiger partial charge in [0.1, 0.15) is 5.82 Å². The minimum atomic E-state index is -0.0478. The quantitative estimate of drug-likeness (QED) is 0.860. The van der Waals surface area contributed by atoms with Crippen LogP contribution in [0, 0.1) is 0 Å². The Morgan fingerprint density at radius 1 is 1.29 bits per heavy atom. The number of ether oxygens (including phenoxy) is 1. The molecule has 1 aromatic carbocycles. The summed E-state index contributed by atoms with van der Waals surface area (Å²) in [4.78, 5) is 24.5. The summed E-state index contributed by atoms with van der Waals surface area (Å²) in [6.45, 7) is 8.11. The van der Waals surface area contributed by atoms with Crippen molar-refractivity contribution < 1.29 is 4.74 Å². The highest BCUT2D eigenvalue weighted by Gasteiger charge is 2.23. The summed E-state index contributed by atoms with van der Waals surface area (Å²) in [6.07, 6.45) is 0.769. The number of methoxy groups -OCH3 is 1. The van der Waals surface area contributed by atoms with E-state index in [0.717, 1.165) is 57.1 Å². The van der Waals surface area contributed by atoms with Crippen LogP contribution in [0.15, 0.2) is 29.1 Å². The van der Waals surface area contributed by atoms with Gasteiger partial charge in [0.2, 0.25) is 0 Å². The van der Waals surface area contributed by atoms with Crippen LogP contribution in [0.2, 0.25) is 0 Å². The van der Waals surface area contributed by atoms with Crippen molar-refractivity contribution in [2.24, 2.45) is 0 Å². The molecule has 1 aromatic heterocycles. The van der Waals surface area contributed by atoms with E-state index in [1.807, 2.05) is 24.3 Å². The second kappa shape index (κ2) is 7.88. The highest BCUT2D eigenvalue weighted by molar-refractivity contribution is 5.77. The Balaban J connectivity index is 1.58. The van der Waals surface area contributed by atoms with Crippen LogP contribution < -0.4 is 5.56 Å². The van der Waals surface area contributed by atoms with E-state index in [1.54, 1.807) is 7.11 Å². The standard InChI is InChI=1S/C18H26N4O2/c1-14-13-21(9-10-22(14)11-12-24-2)8-7-17-19-16-6-4-3-5-15(16)18(23)20-17/h3-6,14H,7-13H2,1-2H3,(H,19,20,23). The Morgan fingerprint density at radius 2 is 2.12 bits per heavy atom. The van der Waals surface area contributed by atoms with Crippen LogP contribution in [0.3, 0.4) is 0 Å². The van der Waals surface area contributed by atoms with Crippen LogP contribution in [-0.2, 0) is 11.2 Å². The number of aromatic amines is 1. The number of benzene rings is 1. The molecule has 0 saturated carbocycles. The summed E-state index contributed by atoms with van der Waals surface area (Å²) >= 11 is 0. The zero-order valence-electron chi connectivity index (χ0n) is 14.5. The minimum absolute atomic E-state index is 0.0478. The fourth-order valence-electron chi connectivity index (χ4n) is 3.33. The lowest BCUT2D eigenvalue weighted by atomic mass is 10.2. The summed E-state index contributed by atoms with van der Waals surface area (Å²) in [5.74, 6) is 0.771. The first-order valence-electron chi connectivity index (χ1n) is 8.60. The third-order valence-corrected chi connectivity index (χ3v) is 4.76. The number of nitrogens with one attached hydrogen (secondary N) is 1. The van der Waals surface area contributed by atoms with Crippen molar-refractivity contribution in [2.45, 2.75) is 19.4 Å². The predicted octanol–water partition coefficient (Wildman–Crippen LogP) is 1.12. The largest absolute Gasteiger partial charge is 0.383 e. The molecular formula is C18H26N4O2. The van der Waals surface area contributed by atoms with Crippen LogP contribution in [0.4, 0.5) is 0 Å². The predicted molar refractivity (Wildman–Crippen MR) is 95.4 cm³/mol. The monoisotopic (exact) mass is 330 g/mol. The smallest absolute Gasteiger partial charge is 0.258 e. The van der Waals surface area contributed by atoms with E-state index in [-0.39, 0.29) is 5.56 Å².